The number of aromatic nitrogens is 1. The van der Waals surface area contributed by atoms with Gasteiger partial charge in [0, 0.05) is 18.2 Å². The Morgan fingerprint density at radius 2 is 2.19 bits per heavy atom. The third kappa shape index (κ3) is 3.52. The van der Waals surface area contributed by atoms with E-state index in [2.05, 4.69) is 34.3 Å². The average Bonchev–Trinajstić information content (AvgIpc) is 3.19. The van der Waals surface area contributed by atoms with Gasteiger partial charge >= 0.3 is 0 Å². The number of oxazole rings is 1. The van der Waals surface area contributed by atoms with Crippen LogP contribution in [0.3, 0.4) is 0 Å². The number of rotatable bonds is 6. The first-order valence-corrected chi connectivity index (χ1v) is 7.81. The minimum Gasteiger partial charge on any atom is -0.439 e. The Balaban J connectivity index is 1.70. The highest BCUT2D eigenvalue weighted by molar-refractivity contribution is 5.55. The Kier molecular flexibility index (Phi) is 4.68. The van der Waals surface area contributed by atoms with E-state index in [1.54, 1.807) is 0 Å². The molecule has 1 aromatic heterocycles. The van der Waals surface area contributed by atoms with Crippen LogP contribution < -0.4 is 5.32 Å². The normalized spacial score (nSPS) is 18.5. The zero-order valence-electron chi connectivity index (χ0n) is 12.6. The van der Waals surface area contributed by atoms with Crippen molar-refractivity contribution in [2.45, 2.75) is 32.4 Å². The lowest BCUT2D eigenvalue weighted by Gasteiger charge is -2.26. The molecular weight excluding hydrogens is 262 g/mol. The fourth-order valence-corrected chi connectivity index (χ4v) is 2.92. The summed E-state index contributed by atoms with van der Waals surface area (Å²) in [6.45, 7) is 6.31. The molecule has 1 saturated heterocycles. The summed E-state index contributed by atoms with van der Waals surface area (Å²) in [4.78, 5) is 6.94. The van der Waals surface area contributed by atoms with E-state index in [0.29, 0.717) is 6.04 Å². The van der Waals surface area contributed by atoms with Crippen molar-refractivity contribution in [3.63, 3.8) is 0 Å². The Hall–Kier alpha value is -1.65. The van der Waals surface area contributed by atoms with Gasteiger partial charge in [-0.25, -0.2) is 4.98 Å². The predicted molar refractivity (Wildman–Crippen MR) is 83.9 cm³/mol. The van der Waals surface area contributed by atoms with Gasteiger partial charge in [0.15, 0.2) is 5.76 Å². The van der Waals surface area contributed by atoms with Gasteiger partial charge in [0.2, 0.25) is 5.89 Å². The SMILES string of the molecule is CCCN(Cc1ncc(-c2ccccc2)o1)C1CCNC1. The van der Waals surface area contributed by atoms with Crippen molar-refractivity contribution in [1.29, 1.82) is 0 Å². The summed E-state index contributed by atoms with van der Waals surface area (Å²) < 4.78 is 5.93. The van der Waals surface area contributed by atoms with Crippen LogP contribution in [0.1, 0.15) is 25.7 Å². The molecule has 1 fully saturated rings. The van der Waals surface area contributed by atoms with Crippen LogP contribution in [0.25, 0.3) is 11.3 Å². The number of hydrogen-bond donors (Lipinski definition) is 1. The van der Waals surface area contributed by atoms with E-state index < -0.39 is 0 Å². The lowest BCUT2D eigenvalue weighted by Crippen LogP contribution is -2.37. The minimum atomic E-state index is 0.608. The molecule has 0 amide bonds. The maximum Gasteiger partial charge on any atom is 0.209 e. The van der Waals surface area contributed by atoms with Gasteiger partial charge in [-0.15, -0.1) is 0 Å². The van der Waals surface area contributed by atoms with E-state index in [-0.39, 0.29) is 0 Å². The van der Waals surface area contributed by atoms with Gasteiger partial charge in [-0.1, -0.05) is 37.3 Å². The number of benzene rings is 1. The van der Waals surface area contributed by atoms with Crippen molar-refractivity contribution in [2.24, 2.45) is 0 Å². The zero-order valence-corrected chi connectivity index (χ0v) is 12.6. The van der Waals surface area contributed by atoms with Crippen molar-refractivity contribution >= 4 is 0 Å². The van der Waals surface area contributed by atoms with Crippen LogP contribution in [-0.2, 0) is 6.54 Å². The minimum absolute atomic E-state index is 0.608. The smallest absolute Gasteiger partial charge is 0.209 e. The highest BCUT2D eigenvalue weighted by Crippen LogP contribution is 2.21. The van der Waals surface area contributed by atoms with Crippen molar-refractivity contribution in [2.75, 3.05) is 19.6 Å². The largest absolute Gasteiger partial charge is 0.439 e. The first-order chi connectivity index (χ1) is 10.4. The molecule has 1 aliphatic heterocycles. The van der Waals surface area contributed by atoms with Crippen LogP contribution in [0.2, 0.25) is 0 Å². The number of nitrogens with one attached hydrogen (secondary N) is 1. The first kappa shape index (κ1) is 14.3. The molecule has 2 heterocycles. The molecular formula is C17H23N3O. The average molecular weight is 285 g/mol. The second-order valence-corrected chi connectivity index (χ2v) is 5.60. The van der Waals surface area contributed by atoms with Crippen molar-refractivity contribution in [1.82, 2.24) is 15.2 Å². The molecule has 1 unspecified atom stereocenters. The fourth-order valence-electron chi connectivity index (χ4n) is 2.92. The van der Waals surface area contributed by atoms with Crippen LogP contribution in [0.4, 0.5) is 0 Å². The molecule has 2 aromatic rings. The van der Waals surface area contributed by atoms with Gasteiger partial charge in [0.05, 0.1) is 12.7 Å². The predicted octanol–water partition coefficient (Wildman–Crippen LogP) is 2.92. The summed E-state index contributed by atoms with van der Waals surface area (Å²) in [7, 11) is 0. The maximum atomic E-state index is 5.93. The molecule has 0 bridgehead atoms. The highest BCUT2D eigenvalue weighted by Gasteiger charge is 2.23. The summed E-state index contributed by atoms with van der Waals surface area (Å²) in [5.41, 5.74) is 1.08. The van der Waals surface area contributed by atoms with Crippen LogP contribution in [0.5, 0.6) is 0 Å². The van der Waals surface area contributed by atoms with E-state index in [4.69, 9.17) is 4.42 Å². The molecule has 0 radical (unpaired) electrons. The lowest BCUT2D eigenvalue weighted by atomic mass is 10.2. The molecule has 21 heavy (non-hydrogen) atoms. The van der Waals surface area contributed by atoms with E-state index in [1.807, 2.05) is 24.4 Å². The van der Waals surface area contributed by atoms with Crippen molar-refractivity contribution < 1.29 is 4.42 Å². The topological polar surface area (TPSA) is 41.3 Å². The summed E-state index contributed by atoms with van der Waals surface area (Å²) in [6.07, 6.45) is 4.21. The maximum absolute atomic E-state index is 5.93. The van der Waals surface area contributed by atoms with Gasteiger partial charge in [-0.05, 0) is 25.9 Å². The number of hydrogen-bond acceptors (Lipinski definition) is 4. The van der Waals surface area contributed by atoms with E-state index in [1.165, 1.54) is 6.42 Å². The standard InChI is InChI=1S/C17H23N3O/c1-2-10-20(15-8-9-18-11-15)13-17-19-12-16(21-17)14-6-4-3-5-7-14/h3-7,12,15,18H,2,8-11,13H2,1H3. The molecule has 0 aliphatic carbocycles. The summed E-state index contributed by atoms with van der Waals surface area (Å²) in [5, 5.41) is 3.44. The molecule has 112 valence electrons. The molecule has 1 N–H and O–H groups in total. The summed E-state index contributed by atoms with van der Waals surface area (Å²) in [6, 6.07) is 10.8. The van der Waals surface area contributed by atoms with Gasteiger partial charge in [0.1, 0.15) is 0 Å². The molecule has 4 nitrogen and oxygen atoms in total. The Morgan fingerprint density at radius 3 is 2.90 bits per heavy atom. The first-order valence-electron chi connectivity index (χ1n) is 7.81. The van der Waals surface area contributed by atoms with E-state index >= 15 is 0 Å². The highest BCUT2D eigenvalue weighted by atomic mass is 16.4. The van der Waals surface area contributed by atoms with Gasteiger partial charge in [0.25, 0.3) is 0 Å². The van der Waals surface area contributed by atoms with E-state index in [0.717, 1.165) is 49.8 Å². The van der Waals surface area contributed by atoms with Crippen LogP contribution in [0, 0.1) is 0 Å². The summed E-state index contributed by atoms with van der Waals surface area (Å²) in [5.74, 6) is 1.67. The summed E-state index contributed by atoms with van der Waals surface area (Å²) >= 11 is 0. The third-order valence-electron chi connectivity index (χ3n) is 4.01. The third-order valence-corrected chi connectivity index (χ3v) is 4.01. The monoisotopic (exact) mass is 285 g/mol. The van der Waals surface area contributed by atoms with Gasteiger partial charge < -0.3 is 9.73 Å². The van der Waals surface area contributed by atoms with Crippen molar-refractivity contribution in [3.05, 3.63) is 42.4 Å². The second-order valence-electron chi connectivity index (χ2n) is 5.60. The molecule has 0 spiro atoms. The quantitative estimate of drug-likeness (QED) is 0.886. The zero-order chi connectivity index (χ0) is 14.5. The van der Waals surface area contributed by atoms with Crippen LogP contribution in [0.15, 0.2) is 40.9 Å². The van der Waals surface area contributed by atoms with E-state index in [9.17, 15) is 0 Å². The molecule has 3 rings (SSSR count). The molecule has 1 atom stereocenters. The van der Waals surface area contributed by atoms with Crippen molar-refractivity contribution in [3.8, 4) is 11.3 Å². The van der Waals surface area contributed by atoms with Gasteiger partial charge in [-0.3, -0.25) is 4.90 Å². The number of nitrogens with zero attached hydrogens (tertiary/aromatic N) is 2. The van der Waals surface area contributed by atoms with Crippen LogP contribution >= 0.6 is 0 Å². The molecule has 1 aromatic carbocycles. The Bertz CT molecular complexity index is 546. The lowest BCUT2D eigenvalue weighted by molar-refractivity contribution is 0.182. The Labute approximate surface area is 126 Å². The molecule has 4 heteroatoms. The van der Waals surface area contributed by atoms with Crippen LogP contribution in [-0.4, -0.2) is 35.6 Å². The fraction of sp³-hybridized carbons (Fsp3) is 0.471. The Morgan fingerprint density at radius 1 is 1.33 bits per heavy atom. The second kappa shape index (κ2) is 6.87. The molecule has 1 aliphatic rings. The van der Waals surface area contributed by atoms with Gasteiger partial charge in [-0.2, -0.15) is 0 Å². The molecule has 0 saturated carbocycles.